The van der Waals surface area contributed by atoms with Crippen molar-refractivity contribution >= 4 is 11.6 Å². The number of nitrogens with one attached hydrogen (secondary N) is 1. The second-order valence-electron chi connectivity index (χ2n) is 5.45. The third-order valence-electron chi connectivity index (χ3n) is 3.18. The molecule has 5 nitrogen and oxygen atoms in total. The molecule has 0 aliphatic carbocycles. The number of hydrogen-bond donors (Lipinski definition) is 1. The highest BCUT2D eigenvalue weighted by molar-refractivity contribution is 6.31. The molecule has 6 heteroatoms. The first-order chi connectivity index (χ1) is 11.6. The molecule has 0 bridgehead atoms. The van der Waals surface area contributed by atoms with E-state index in [0.717, 1.165) is 5.56 Å². The molecule has 0 fully saturated rings. The number of rotatable bonds is 9. The van der Waals surface area contributed by atoms with E-state index < -0.39 is 0 Å². The van der Waals surface area contributed by atoms with E-state index in [0.29, 0.717) is 42.1 Å². The quantitative estimate of drug-likeness (QED) is 0.699. The Morgan fingerprint density at radius 3 is 2.71 bits per heavy atom. The summed E-state index contributed by atoms with van der Waals surface area (Å²) in [6.45, 7) is 5.75. The van der Waals surface area contributed by atoms with Gasteiger partial charge in [0, 0.05) is 36.4 Å². The Balaban J connectivity index is 1.85. The van der Waals surface area contributed by atoms with Gasteiger partial charge < -0.3 is 19.5 Å². The average molecular weight is 351 g/mol. The molecule has 2 aromatic rings. The summed E-state index contributed by atoms with van der Waals surface area (Å²) in [6.07, 6.45) is 1.76. The number of halogens is 1. The van der Waals surface area contributed by atoms with Crippen molar-refractivity contribution < 1.29 is 14.2 Å². The van der Waals surface area contributed by atoms with Gasteiger partial charge in [-0.25, -0.2) is 4.98 Å². The van der Waals surface area contributed by atoms with Crippen LogP contribution < -0.4 is 19.5 Å². The van der Waals surface area contributed by atoms with Crippen molar-refractivity contribution in [2.75, 3.05) is 20.3 Å². The molecule has 1 heterocycles. The van der Waals surface area contributed by atoms with Crippen LogP contribution in [0.2, 0.25) is 5.02 Å². The highest BCUT2D eigenvalue weighted by Gasteiger charge is 2.11. The zero-order valence-electron chi connectivity index (χ0n) is 14.2. The number of benzene rings is 1. The molecule has 0 saturated heterocycles. The zero-order valence-corrected chi connectivity index (χ0v) is 15.0. The van der Waals surface area contributed by atoms with Crippen LogP contribution in [0.3, 0.4) is 0 Å². The SMILES string of the molecule is COc1cc(CNCCOc2ccccn2)c(Cl)cc1OC(C)C. The number of methoxy groups -OCH3 is 1. The van der Waals surface area contributed by atoms with Crippen LogP contribution in [-0.4, -0.2) is 31.3 Å². The molecule has 2 rings (SSSR count). The maximum Gasteiger partial charge on any atom is 0.213 e. The first-order valence-corrected chi connectivity index (χ1v) is 8.25. The number of pyridine rings is 1. The smallest absolute Gasteiger partial charge is 0.213 e. The van der Waals surface area contributed by atoms with Crippen molar-refractivity contribution in [2.45, 2.75) is 26.5 Å². The standard InChI is InChI=1S/C18H23ClN2O3/c1-13(2)24-17-11-15(19)14(10-16(17)22-3)12-20-8-9-23-18-6-4-5-7-21-18/h4-7,10-11,13,20H,8-9,12H2,1-3H3. The van der Waals surface area contributed by atoms with Crippen molar-refractivity contribution in [1.82, 2.24) is 10.3 Å². The lowest BCUT2D eigenvalue weighted by molar-refractivity contribution is 0.230. The third-order valence-corrected chi connectivity index (χ3v) is 3.53. The van der Waals surface area contributed by atoms with Crippen molar-refractivity contribution in [3.8, 4) is 17.4 Å². The van der Waals surface area contributed by atoms with Gasteiger partial charge in [-0.1, -0.05) is 17.7 Å². The minimum Gasteiger partial charge on any atom is -0.493 e. The fourth-order valence-electron chi connectivity index (χ4n) is 2.10. The minimum absolute atomic E-state index is 0.0580. The van der Waals surface area contributed by atoms with Crippen molar-refractivity contribution in [2.24, 2.45) is 0 Å². The molecule has 0 aliphatic rings. The van der Waals surface area contributed by atoms with Gasteiger partial charge in [-0.3, -0.25) is 0 Å². The first-order valence-electron chi connectivity index (χ1n) is 7.87. The van der Waals surface area contributed by atoms with E-state index in [9.17, 15) is 0 Å². The molecule has 1 aromatic heterocycles. The molecule has 0 aliphatic heterocycles. The summed E-state index contributed by atoms with van der Waals surface area (Å²) in [4.78, 5) is 4.10. The monoisotopic (exact) mass is 350 g/mol. The molecule has 24 heavy (non-hydrogen) atoms. The Morgan fingerprint density at radius 2 is 2.04 bits per heavy atom. The van der Waals surface area contributed by atoms with Crippen LogP contribution in [0, 0.1) is 0 Å². The van der Waals surface area contributed by atoms with Gasteiger partial charge in [-0.15, -0.1) is 0 Å². The van der Waals surface area contributed by atoms with E-state index in [-0.39, 0.29) is 6.10 Å². The molecule has 130 valence electrons. The van der Waals surface area contributed by atoms with Crippen molar-refractivity contribution in [3.05, 3.63) is 47.1 Å². The summed E-state index contributed by atoms with van der Waals surface area (Å²) in [6, 6.07) is 9.26. The summed E-state index contributed by atoms with van der Waals surface area (Å²) in [5.74, 6) is 1.95. The van der Waals surface area contributed by atoms with E-state index in [4.69, 9.17) is 25.8 Å². The molecule has 0 amide bonds. The fourth-order valence-corrected chi connectivity index (χ4v) is 2.32. The minimum atomic E-state index is 0.0580. The van der Waals surface area contributed by atoms with Crippen LogP contribution in [0.5, 0.6) is 17.4 Å². The van der Waals surface area contributed by atoms with Crippen LogP contribution in [0.25, 0.3) is 0 Å². The largest absolute Gasteiger partial charge is 0.493 e. The lowest BCUT2D eigenvalue weighted by Gasteiger charge is -2.16. The summed E-state index contributed by atoms with van der Waals surface area (Å²) in [5.41, 5.74) is 0.947. The molecular weight excluding hydrogens is 328 g/mol. The predicted molar refractivity (Wildman–Crippen MR) is 95.2 cm³/mol. The van der Waals surface area contributed by atoms with Crippen LogP contribution >= 0.6 is 11.6 Å². The van der Waals surface area contributed by atoms with Crippen LogP contribution in [0.15, 0.2) is 36.5 Å². The van der Waals surface area contributed by atoms with Crippen LogP contribution in [0.1, 0.15) is 19.4 Å². The Morgan fingerprint density at radius 1 is 1.21 bits per heavy atom. The van der Waals surface area contributed by atoms with Gasteiger partial charge in [0.05, 0.1) is 13.2 Å². The molecule has 0 unspecified atom stereocenters. The molecule has 0 atom stereocenters. The lowest BCUT2D eigenvalue weighted by Crippen LogP contribution is -2.21. The van der Waals surface area contributed by atoms with E-state index >= 15 is 0 Å². The summed E-state index contributed by atoms with van der Waals surface area (Å²) in [5, 5.41) is 3.93. The lowest BCUT2D eigenvalue weighted by atomic mass is 10.2. The van der Waals surface area contributed by atoms with Crippen LogP contribution in [0.4, 0.5) is 0 Å². The van der Waals surface area contributed by atoms with Crippen molar-refractivity contribution in [1.29, 1.82) is 0 Å². The molecule has 0 spiro atoms. The van der Waals surface area contributed by atoms with Gasteiger partial charge in [-0.05, 0) is 31.5 Å². The van der Waals surface area contributed by atoms with E-state index in [1.54, 1.807) is 19.4 Å². The number of nitrogens with zero attached hydrogens (tertiary/aromatic N) is 1. The van der Waals surface area contributed by atoms with E-state index in [1.807, 2.05) is 38.1 Å². The molecule has 0 radical (unpaired) electrons. The van der Waals surface area contributed by atoms with Gasteiger partial charge in [-0.2, -0.15) is 0 Å². The Hall–Kier alpha value is -1.98. The van der Waals surface area contributed by atoms with Crippen molar-refractivity contribution in [3.63, 3.8) is 0 Å². The maximum atomic E-state index is 6.33. The first kappa shape index (κ1) is 18.4. The second kappa shape index (κ2) is 9.35. The average Bonchev–Trinajstić information content (AvgIpc) is 2.56. The maximum absolute atomic E-state index is 6.33. The zero-order chi connectivity index (χ0) is 17.4. The van der Waals surface area contributed by atoms with Gasteiger partial charge in [0.2, 0.25) is 5.88 Å². The Kier molecular flexibility index (Phi) is 7.15. The molecule has 1 N–H and O–H groups in total. The second-order valence-corrected chi connectivity index (χ2v) is 5.86. The van der Waals surface area contributed by atoms with Gasteiger partial charge in [0.15, 0.2) is 11.5 Å². The van der Waals surface area contributed by atoms with Gasteiger partial charge in [0.1, 0.15) is 6.61 Å². The van der Waals surface area contributed by atoms with Gasteiger partial charge in [0.25, 0.3) is 0 Å². The number of aromatic nitrogens is 1. The normalized spacial score (nSPS) is 10.7. The molecule has 0 saturated carbocycles. The molecular formula is C18H23ClN2O3. The highest BCUT2D eigenvalue weighted by Crippen LogP contribution is 2.34. The Labute approximate surface area is 147 Å². The summed E-state index contributed by atoms with van der Waals surface area (Å²) < 4.78 is 16.6. The third kappa shape index (κ3) is 5.58. The molecule has 1 aromatic carbocycles. The van der Waals surface area contributed by atoms with E-state index in [1.165, 1.54) is 0 Å². The summed E-state index contributed by atoms with van der Waals surface area (Å²) in [7, 11) is 1.62. The van der Waals surface area contributed by atoms with E-state index in [2.05, 4.69) is 10.3 Å². The summed E-state index contributed by atoms with van der Waals surface area (Å²) >= 11 is 6.33. The Bertz CT molecular complexity index is 636. The van der Waals surface area contributed by atoms with Gasteiger partial charge >= 0.3 is 0 Å². The van der Waals surface area contributed by atoms with Crippen LogP contribution in [-0.2, 0) is 6.54 Å². The number of ether oxygens (including phenoxy) is 3. The topological polar surface area (TPSA) is 52.6 Å². The number of hydrogen-bond acceptors (Lipinski definition) is 5. The highest BCUT2D eigenvalue weighted by atomic mass is 35.5. The predicted octanol–water partition coefficient (Wildman–Crippen LogP) is 3.70. The fraction of sp³-hybridized carbons (Fsp3) is 0.389.